The highest BCUT2D eigenvalue weighted by molar-refractivity contribution is 8.13. The lowest BCUT2D eigenvalue weighted by Crippen LogP contribution is -2.46. The summed E-state index contributed by atoms with van der Waals surface area (Å²) in [5.41, 5.74) is 5.03. The van der Waals surface area contributed by atoms with E-state index < -0.39 is 84.6 Å². The van der Waals surface area contributed by atoms with Gasteiger partial charge in [-0.25, -0.2) is 28.6 Å². The molecule has 3 heterocycles. The number of thioether (sulfide) groups is 1. The number of allylic oxidation sites excluding steroid dienone is 8. The molecule has 8 atom stereocenters. The topological polar surface area (TPSA) is 381 Å². The van der Waals surface area contributed by atoms with E-state index in [2.05, 4.69) is 47.4 Å². The molecule has 390 valence electrons. The van der Waals surface area contributed by atoms with Crippen molar-refractivity contribution in [2.75, 3.05) is 37.8 Å². The number of fused-ring (bicyclic) bond motifs is 1. The Balaban J connectivity index is 1.11. The van der Waals surface area contributed by atoms with Gasteiger partial charge in [-0.05, 0) is 38.2 Å². The van der Waals surface area contributed by atoms with Crippen molar-refractivity contribution in [3.05, 3.63) is 60.8 Å². The SMILES string of the molecule is CCCCC/C=C/C=C1/C(=O)C=CC1C/C=C/CCCC(=O)SCCNC(=O)CCNC(=O)C(O)C(C)(C)COP(=O)(O)OP(=O)(O)OCC1OC(n2cnc3c(N)ncnc32)C(O)C1OP(=O)(O)O. The quantitative estimate of drug-likeness (QED) is 0.0233. The summed E-state index contributed by atoms with van der Waals surface area (Å²) in [5.74, 6) is -1.08. The van der Waals surface area contributed by atoms with Gasteiger partial charge in [-0.1, -0.05) is 81.8 Å². The van der Waals surface area contributed by atoms with Crippen molar-refractivity contribution in [3.8, 4) is 0 Å². The third-order valence-corrected chi connectivity index (χ3v) is 14.7. The monoisotopic (exact) mass is 1070 g/mol. The number of hydrogen-bond acceptors (Lipinski definition) is 19. The molecular weight excluding hydrogens is 1000 g/mol. The number of phosphoric acid groups is 3. The summed E-state index contributed by atoms with van der Waals surface area (Å²) in [5, 5.41) is 26.5. The molecule has 1 saturated heterocycles. The van der Waals surface area contributed by atoms with Gasteiger partial charge in [0.05, 0.1) is 19.5 Å². The van der Waals surface area contributed by atoms with Crippen LogP contribution < -0.4 is 16.4 Å². The molecule has 2 aliphatic rings. The van der Waals surface area contributed by atoms with Crippen molar-refractivity contribution in [3.63, 3.8) is 0 Å². The second-order valence-electron chi connectivity index (χ2n) is 16.8. The minimum absolute atomic E-state index is 0.0261. The predicted molar refractivity (Wildman–Crippen MR) is 254 cm³/mol. The van der Waals surface area contributed by atoms with Gasteiger partial charge in [0, 0.05) is 48.6 Å². The van der Waals surface area contributed by atoms with Crippen molar-refractivity contribution >= 4 is 74.9 Å². The second-order valence-corrected chi connectivity index (χ2v) is 22.2. The largest absolute Gasteiger partial charge is 0.481 e. The number of hydrogen-bond donors (Lipinski definition) is 9. The molecule has 8 unspecified atom stereocenters. The zero-order valence-corrected chi connectivity index (χ0v) is 42.3. The highest BCUT2D eigenvalue weighted by Gasteiger charge is 2.50. The zero-order valence-electron chi connectivity index (χ0n) is 38.8. The lowest BCUT2D eigenvalue weighted by Gasteiger charge is -2.30. The van der Waals surface area contributed by atoms with E-state index in [-0.39, 0.29) is 53.3 Å². The summed E-state index contributed by atoms with van der Waals surface area (Å²) in [6, 6.07) is 0. The lowest BCUT2D eigenvalue weighted by molar-refractivity contribution is -0.137. The maximum atomic E-state index is 12.8. The van der Waals surface area contributed by atoms with Gasteiger partial charge in [-0.2, -0.15) is 4.31 Å². The highest BCUT2D eigenvalue weighted by atomic mass is 32.2. The summed E-state index contributed by atoms with van der Waals surface area (Å²) in [6.45, 7) is 2.59. The van der Waals surface area contributed by atoms with E-state index in [1.807, 2.05) is 30.4 Å². The van der Waals surface area contributed by atoms with E-state index in [9.17, 15) is 62.7 Å². The number of carbonyl (C=O) groups is 4. The maximum Gasteiger partial charge on any atom is 0.481 e. The van der Waals surface area contributed by atoms with Gasteiger partial charge < -0.3 is 50.9 Å². The van der Waals surface area contributed by atoms with Crippen molar-refractivity contribution < 1.29 is 85.3 Å². The van der Waals surface area contributed by atoms with Crippen LogP contribution in [-0.2, 0) is 55.5 Å². The van der Waals surface area contributed by atoms with E-state index in [1.165, 1.54) is 20.3 Å². The Bertz CT molecular complexity index is 2390. The standard InChI is InChI=1S/C41H62N7O18P3S/c1-4-5-6-7-8-12-15-28-27(17-18-29(28)49)14-11-9-10-13-16-32(51)70-22-21-43-31(50)19-20-44-39(54)36(53)41(2,3)24-63-69(60,61)66-68(58,59)62-23-30-35(65-67(55,56)57)34(52)40(64-30)48-26-47-33-37(42)45-25-46-38(33)48/h8-9,11-12,15,17-18,25-27,30,34-36,40,52-53H,4-7,10,13-14,16,19-24H2,1-3H3,(H,43,50)(H,44,54)(H,58,59)(H,60,61)(H2,42,45,46)(H2,55,56,57)/b11-9+,12-8+,28-15+. The second kappa shape index (κ2) is 27.3. The number of phosphoric ester groups is 3. The number of nitrogens with zero attached hydrogens (tertiary/aromatic N) is 4. The summed E-state index contributed by atoms with van der Waals surface area (Å²) in [6.07, 6.45) is 13.4. The molecule has 1 aliphatic carbocycles. The number of ether oxygens (including phenoxy) is 1. The fraction of sp³-hybridized carbons (Fsp3) is 0.585. The van der Waals surface area contributed by atoms with Crippen LogP contribution in [0.1, 0.15) is 84.8 Å². The molecule has 0 aromatic carbocycles. The third kappa shape index (κ3) is 19.0. The Kier molecular flexibility index (Phi) is 22.9. The zero-order chi connectivity index (χ0) is 51.7. The molecule has 2 amide bonds. The average molecular weight is 1070 g/mol. The Hall–Kier alpha value is -3.81. The number of nitrogen functional groups attached to an aromatic ring is 1. The van der Waals surface area contributed by atoms with Gasteiger partial charge in [0.2, 0.25) is 11.8 Å². The average Bonchev–Trinajstić information content (AvgIpc) is 3.96. The van der Waals surface area contributed by atoms with Crippen molar-refractivity contribution in [1.29, 1.82) is 0 Å². The van der Waals surface area contributed by atoms with Crippen LogP contribution in [0.15, 0.2) is 60.8 Å². The van der Waals surface area contributed by atoms with Crippen LogP contribution in [-0.4, -0.2) is 128 Å². The fourth-order valence-corrected chi connectivity index (χ4v) is 10.4. The Morgan fingerprint density at radius 2 is 1.71 bits per heavy atom. The van der Waals surface area contributed by atoms with E-state index in [0.29, 0.717) is 31.4 Å². The molecule has 4 rings (SSSR count). The number of ketones is 1. The van der Waals surface area contributed by atoms with Gasteiger partial charge in [-0.3, -0.25) is 37.3 Å². The number of nitrogens with one attached hydrogen (secondary N) is 2. The van der Waals surface area contributed by atoms with Crippen LogP contribution in [0.4, 0.5) is 5.82 Å². The molecule has 2 aromatic rings. The molecule has 25 nitrogen and oxygen atoms in total. The number of carbonyl (C=O) groups excluding carboxylic acids is 4. The molecule has 1 aliphatic heterocycles. The van der Waals surface area contributed by atoms with Crippen LogP contribution in [0.25, 0.3) is 11.2 Å². The first kappa shape index (κ1) is 58.8. The smallest absolute Gasteiger partial charge is 0.386 e. The molecule has 1 fully saturated rings. The number of rotatable bonds is 30. The number of aliphatic hydroxyl groups excluding tert-OH is 2. The maximum absolute atomic E-state index is 12.8. The minimum Gasteiger partial charge on any atom is -0.386 e. The van der Waals surface area contributed by atoms with E-state index in [4.69, 9.17) is 19.5 Å². The Morgan fingerprint density at radius 1 is 0.986 bits per heavy atom. The molecule has 0 radical (unpaired) electrons. The van der Waals surface area contributed by atoms with Gasteiger partial charge in [0.15, 0.2) is 28.6 Å². The highest BCUT2D eigenvalue weighted by Crippen LogP contribution is 2.61. The van der Waals surface area contributed by atoms with Crippen LogP contribution in [0.2, 0.25) is 0 Å². The number of anilines is 1. The Labute approximate surface area is 408 Å². The number of nitrogens with two attached hydrogens (primary N) is 1. The molecule has 29 heteroatoms. The number of amides is 2. The molecule has 2 aromatic heterocycles. The summed E-state index contributed by atoms with van der Waals surface area (Å²) in [7, 11) is -16.5. The van der Waals surface area contributed by atoms with Crippen molar-refractivity contribution in [2.24, 2.45) is 11.3 Å². The first-order valence-electron chi connectivity index (χ1n) is 22.2. The van der Waals surface area contributed by atoms with E-state index in [0.717, 1.165) is 53.8 Å². The summed E-state index contributed by atoms with van der Waals surface area (Å²) >= 11 is 1.08. The van der Waals surface area contributed by atoms with Crippen LogP contribution >= 0.6 is 35.2 Å². The summed E-state index contributed by atoms with van der Waals surface area (Å²) < 4.78 is 62.4. The van der Waals surface area contributed by atoms with Gasteiger partial charge in [-0.15, -0.1) is 0 Å². The van der Waals surface area contributed by atoms with Crippen LogP contribution in [0.5, 0.6) is 0 Å². The number of imidazole rings is 1. The number of unbranched alkanes of at least 4 members (excludes halogenated alkanes) is 4. The Morgan fingerprint density at radius 3 is 2.44 bits per heavy atom. The molecule has 10 N–H and O–H groups in total. The lowest BCUT2D eigenvalue weighted by atomic mass is 9.87. The van der Waals surface area contributed by atoms with Crippen LogP contribution in [0, 0.1) is 11.3 Å². The van der Waals surface area contributed by atoms with E-state index in [1.54, 1.807) is 6.08 Å². The normalized spacial score (nSPS) is 22.6. The van der Waals surface area contributed by atoms with Crippen LogP contribution in [0.3, 0.4) is 0 Å². The van der Waals surface area contributed by atoms with Gasteiger partial charge in [0.25, 0.3) is 0 Å². The van der Waals surface area contributed by atoms with E-state index >= 15 is 0 Å². The molecule has 0 bridgehead atoms. The van der Waals surface area contributed by atoms with Crippen molar-refractivity contribution in [2.45, 2.75) is 109 Å². The van der Waals surface area contributed by atoms with Gasteiger partial charge in [0.1, 0.15) is 36.3 Å². The summed E-state index contributed by atoms with van der Waals surface area (Å²) in [4.78, 5) is 101. The predicted octanol–water partition coefficient (Wildman–Crippen LogP) is 3.60. The fourth-order valence-electron chi connectivity index (χ4n) is 6.87. The molecule has 0 saturated carbocycles. The molecule has 70 heavy (non-hydrogen) atoms. The molecular formula is C41H62N7O18P3S. The molecule has 0 spiro atoms. The minimum atomic E-state index is -5.59. The van der Waals surface area contributed by atoms with Crippen molar-refractivity contribution in [1.82, 2.24) is 30.2 Å². The first-order chi connectivity index (χ1) is 32.9. The number of aromatic nitrogens is 4. The first-order valence-corrected chi connectivity index (χ1v) is 27.7. The third-order valence-electron chi connectivity index (χ3n) is 10.6. The number of aliphatic hydroxyl groups is 2. The van der Waals surface area contributed by atoms with Gasteiger partial charge >= 0.3 is 23.5 Å².